The maximum Gasteiger partial charge on any atom is 0.0462 e. The number of aryl methyl sites for hydroxylation is 6. The highest BCUT2D eigenvalue weighted by atomic mass is 15.1. The van der Waals surface area contributed by atoms with Crippen molar-refractivity contribution < 1.29 is 0 Å². The summed E-state index contributed by atoms with van der Waals surface area (Å²) in [6.07, 6.45) is 22.3. The molecule has 412 valence electrons. The maximum atomic E-state index is 3.83. The minimum atomic E-state index is 0.234. The van der Waals surface area contributed by atoms with Gasteiger partial charge in [0.1, 0.15) is 0 Å². The van der Waals surface area contributed by atoms with Crippen LogP contribution in [-0.2, 0) is 5.41 Å². The van der Waals surface area contributed by atoms with Gasteiger partial charge in [-0.1, -0.05) is 260 Å². The Balaban J connectivity index is 0.000000174. The molecule has 1 aliphatic carbocycles. The zero-order chi connectivity index (χ0) is 56.2. The minimum Gasteiger partial charge on any atom is -0.311 e. The predicted octanol–water partition coefficient (Wildman–Crippen LogP) is 23.8. The fourth-order valence-corrected chi connectivity index (χ4v) is 11.4. The molecule has 0 saturated heterocycles. The molecule has 0 bridgehead atoms. The van der Waals surface area contributed by atoms with E-state index in [2.05, 4.69) is 268 Å². The van der Waals surface area contributed by atoms with E-state index in [0.29, 0.717) is 5.92 Å². The number of hydrogen-bond acceptors (Lipinski definition) is 2. The Morgan fingerprint density at radius 1 is 0.367 bits per heavy atom. The zero-order valence-electron chi connectivity index (χ0n) is 50.2. The van der Waals surface area contributed by atoms with Crippen molar-refractivity contribution in [3.8, 4) is 11.1 Å². The van der Waals surface area contributed by atoms with Gasteiger partial charge in [-0.05, 0) is 173 Å². The molecule has 1 unspecified atom stereocenters. The largest absolute Gasteiger partial charge is 0.311 e. The molecule has 0 spiro atoms. The number of benzene rings is 8. The van der Waals surface area contributed by atoms with Crippen LogP contribution < -0.4 is 9.80 Å². The van der Waals surface area contributed by atoms with E-state index in [1.807, 2.05) is 6.08 Å². The Labute approximate surface area is 479 Å². The molecule has 1 aliphatic rings. The Kier molecular flexibility index (Phi) is 22.6. The van der Waals surface area contributed by atoms with Crippen LogP contribution in [0.1, 0.15) is 186 Å². The summed E-state index contributed by atoms with van der Waals surface area (Å²) in [5.74, 6) is 0.598. The molecule has 0 aromatic heterocycles. The second kappa shape index (κ2) is 29.9. The summed E-state index contributed by atoms with van der Waals surface area (Å²) in [6.45, 7) is 26.0. The number of hydrogen-bond donors (Lipinski definition) is 0. The monoisotopic (exact) mass is 1050 g/mol. The van der Waals surface area contributed by atoms with Crippen molar-refractivity contribution in [2.75, 3.05) is 9.80 Å². The fraction of sp³-hybridized carbons (Fsp3) is 0.351. The van der Waals surface area contributed by atoms with Crippen molar-refractivity contribution in [2.45, 2.75) is 177 Å². The van der Waals surface area contributed by atoms with Gasteiger partial charge in [0.05, 0.1) is 0 Å². The molecule has 0 N–H and O–H groups in total. The number of unbranched alkanes of at least 4 members (excludes halogenated alkanes) is 10. The third-order valence-electron chi connectivity index (χ3n) is 16.5. The van der Waals surface area contributed by atoms with Crippen LogP contribution in [0.2, 0.25) is 0 Å². The molecule has 79 heavy (non-hydrogen) atoms. The van der Waals surface area contributed by atoms with Gasteiger partial charge in [-0.25, -0.2) is 0 Å². The van der Waals surface area contributed by atoms with Crippen LogP contribution in [0.25, 0.3) is 17.2 Å². The number of anilines is 6. The number of nitrogens with zero attached hydrogens (tertiary/aromatic N) is 2. The Morgan fingerprint density at radius 3 is 0.975 bits per heavy atom. The average molecular weight is 1050 g/mol. The molecular formula is C77H94N2. The molecule has 0 saturated carbocycles. The molecule has 0 heterocycles. The first kappa shape index (κ1) is 59.8. The van der Waals surface area contributed by atoms with Crippen LogP contribution in [0.15, 0.2) is 189 Å². The van der Waals surface area contributed by atoms with Gasteiger partial charge in [-0.15, -0.1) is 0 Å². The van der Waals surface area contributed by atoms with Crippen molar-refractivity contribution >= 4 is 40.2 Å². The van der Waals surface area contributed by atoms with E-state index in [1.165, 1.54) is 163 Å². The third-order valence-corrected chi connectivity index (χ3v) is 16.5. The molecule has 0 radical (unpaired) electrons. The highest BCUT2D eigenvalue weighted by Crippen LogP contribution is 2.55. The zero-order valence-corrected chi connectivity index (χ0v) is 50.2. The predicted molar refractivity (Wildman–Crippen MR) is 348 cm³/mol. The van der Waals surface area contributed by atoms with Gasteiger partial charge in [0.15, 0.2) is 0 Å². The second-order valence-electron chi connectivity index (χ2n) is 22.9. The summed E-state index contributed by atoms with van der Waals surface area (Å²) < 4.78 is 0. The van der Waals surface area contributed by atoms with Crippen LogP contribution in [-0.4, -0.2) is 0 Å². The van der Waals surface area contributed by atoms with Crippen molar-refractivity contribution in [2.24, 2.45) is 0 Å². The number of fused-ring (bicyclic) bond motifs is 3. The van der Waals surface area contributed by atoms with E-state index in [0.717, 1.165) is 22.6 Å². The van der Waals surface area contributed by atoms with Crippen molar-refractivity contribution in [3.05, 3.63) is 244 Å². The van der Waals surface area contributed by atoms with Gasteiger partial charge >= 0.3 is 0 Å². The standard InChI is InChI=1S/C31H46.C24H27N.C22H21N/c1-5-7-9-11-13-15-21-31(22-16-14-12-10-8-6-2)29-23-25(3)17-19-27(29)28-20-18-26(4)24-30(28)31;1-5-20(4)21-10-16-24(17-11-21)25(22-12-6-18(2)7-13-22)23-14-8-19(3)9-15-23;1-4-19-9-15-22(16-10-19)23(20-11-5-17(2)6-12-20)21-13-7-18(3)8-14-21/h17-20,23-24H,5-16,21-22H2,1-4H3;6-17,20H,5H2,1-4H3;4-16H,1H2,2-3H3. The number of rotatable bonds is 23. The maximum absolute atomic E-state index is 3.83. The quantitative estimate of drug-likeness (QED) is 0.0589. The lowest BCUT2D eigenvalue weighted by Gasteiger charge is -2.33. The molecule has 2 nitrogen and oxygen atoms in total. The fourth-order valence-electron chi connectivity index (χ4n) is 11.4. The molecule has 0 amide bonds. The lowest BCUT2D eigenvalue weighted by molar-refractivity contribution is 0.397. The Bertz CT molecular complexity index is 2910. The van der Waals surface area contributed by atoms with Crippen molar-refractivity contribution in [1.82, 2.24) is 0 Å². The summed E-state index contributed by atoms with van der Waals surface area (Å²) >= 11 is 0. The average Bonchev–Trinajstić information content (AvgIpc) is 3.78. The lowest BCUT2D eigenvalue weighted by atomic mass is 9.70. The summed E-state index contributed by atoms with van der Waals surface area (Å²) in [7, 11) is 0. The molecule has 9 rings (SSSR count). The molecule has 0 fully saturated rings. The van der Waals surface area contributed by atoms with E-state index in [-0.39, 0.29) is 5.41 Å². The van der Waals surface area contributed by atoms with E-state index >= 15 is 0 Å². The second-order valence-corrected chi connectivity index (χ2v) is 22.9. The van der Waals surface area contributed by atoms with Crippen molar-refractivity contribution in [3.63, 3.8) is 0 Å². The SMILES string of the molecule is C=Cc1ccc(N(c2ccc(C)cc2)c2ccc(C)cc2)cc1.CCC(C)c1ccc(N(c2ccc(C)cc2)c2ccc(C)cc2)cc1.CCCCCCCCC1(CCCCCCCC)c2cc(C)ccc2-c2ccc(C)cc21. The smallest absolute Gasteiger partial charge is 0.0462 e. The molecule has 8 aromatic rings. The first-order chi connectivity index (χ1) is 38.4. The minimum absolute atomic E-state index is 0.234. The van der Waals surface area contributed by atoms with E-state index in [9.17, 15) is 0 Å². The topological polar surface area (TPSA) is 6.48 Å². The van der Waals surface area contributed by atoms with Gasteiger partial charge in [0, 0.05) is 39.5 Å². The summed E-state index contributed by atoms with van der Waals surface area (Å²) in [5, 5.41) is 0. The van der Waals surface area contributed by atoms with E-state index in [4.69, 9.17) is 0 Å². The molecule has 1 atom stereocenters. The van der Waals surface area contributed by atoms with Crippen molar-refractivity contribution in [1.29, 1.82) is 0 Å². The van der Waals surface area contributed by atoms with Crippen LogP contribution in [0.4, 0.5) is 34.1 Å². The normalized spacial score (nSPS) is 12.3. The first-order valence-corrected chi connectivity index (χ1v) is 30.3. The van der Waals surface area contributed by atoms with Gasteiger partial charge in [-0.3, -0.25) is 0 Å². The van der Waals surface area contributed by atoms with Gasteiger partial charge in [0.25, 0.3) is 0 Å². The Hall–Kier alpha value is -6.90. The van der Waals surface area contributed by atoms with Gasteiger partial charge in [-0.2, -0.15) is 0 Å². The first-order valence-electron chi connectivity index (χ1n) is 30.3. The molecule has 2 heteroatoms. The van der Waals surface area contributed by atoms with Gasteiger partial charge in [0.2, 0.25) is 0 Å². The van der Waals surface area contributed by atoms with E-state index in [1.54, 1.807) is 11.1 Å². The van der Waals surface area contributed by atoms with Crippen LogP contribution >= 0.6 is 0 Å². The molecular weight excluding hydrogens is 953 g/mol. The lowest BCUT2D eigenvalue weighted by Crippen LogP contribution is -2.25. The van der Waals surface area contributed by atoms with Crippen LogP contribution in [0, 0.1) is 41.5 Å². The summed E-state index contributed by atoms with van der Waals surface area (Å²) in [4.78, 5) is 4.59. The van der Waals surface area contributed by atoms with E-state index < -0.39 is 0 Å². The Morgan fingerprint density at radius 2 is 0.658 bits per heavy atom. The highest BCUT2D eigenvalue weighted by Gasteiger charge is 2.42. The molecule has 8 aromatic carbocycles. The van der Waals surface area contributed by atoms with Crippen LogP contribution in [0.5, 0.6) is 0 Å². The summed E-state index contributed by atoms with van der Waals surface area (Å²) in [5.41, 5.74) is 24.0. The highest BCUT2D eigenvalue weighted by molar-refractivity contribution is 5.82. The summed E-state index contributed by atoms with van der Waals surface area (Å²) in [6, 6.07) is 66.6. The molecule has 0 aliphatic heterocycles. The van der Waals surface area contributed by atoms with Gasteiger partial charge < -0.3 is 9.80 Å². The van der Waals surface area contributed by atoms with Crippen LogP contribution in [0.3, 0.4) is 0 Å². The third kappa shape index (κ3) is 16.1.